The number of phenols is 1. The molecule has 33 heavy (non-hydrogen) atoms. The largest absolute Gasteiger partial charge is 0.503 e. The van der Waals surface area contributed by atoms with E-state index in [0.29, 0.717) is 34.6 Å². The summed E-state index contributed by atoms with van der Waals surface area (Å²) in [5.74, 6) is -0.0267. The van der Waals surface area contributed by atoms with Gasteiger partial charge in [-0.2, -0.15) is 0 Å². The zero-order valence-corrected chi connectivity index (χ0v) is 18.9. The number of benzene rings is 3. The number of hydrogen-bond donors (Lipinski definition) is 1. The van der Waals surface area contributed by atoms with E-state index in [9.17, 15) is 14.7 Å². The summed E-state index contributed by atoms with van der Waals surface area (Å²) < 4.78 is 10.6. The molecule has 168 valence electrons. The van der Waals surface area contributed by atoms with Crippen LogP contribution in [0.2, 0.25) is 5.02 Å². The fraction of sp³-hybridized carbons (Fsp3) is 0.154. The minimum Gasteiger partial charge on any atom is -0.503 e. The van der Waals surface area contributed by atoms with Crippen LogP contribution in [0.4, 0.5) is 0 Å². The number of rotatable bonds is 6. The maximum absolute atomic E-state index is 13.5. The maximum Gasteiger partial charge on any atom is 0.261 e. The van der Waals surface area contributed by atoms with E-state index in [2.05, 4.69) is 0 Å². The first-order valence-corrected chi connectivity index (χ1v) is 10.8. The predicted molar refractivity (Wildman–Crippen MR) is 126 cm³/mol. The van der Waals surface area contributed by atoms with E-state index in [1.54, 1.807) is 68.6 Å². The Labute approximate surface area is 196 Å². The summed E-state index contributed by atoms with van der Waals surface area (Å²) >= 11 is 6.17. The molecule has 1 N–H and O–H groups in total. The predicted octanol–water partition coefficient (Wildman–Crippen LogP) is 5.18. The number of imide groups is 1. The van der Waals surface area contributed by atoms with Crippen LogP contribution in [0.15, 0.2) is 60.7 Å². The number of amides is 2. The average Bonchev–Trinajstić information content (AvgIpc) is 2.83. The van der Waals surface area contributed by atoms with Crippen LogP contribution in [0.25, 0.3) is 11.6 Å². The first-order valence-electron chi connectivity index (χ1n) is 10.4. The second-order valence-corrected chi connectivity index (χ2v) is 7.84. The van der Waals surface area contributed by atoms with Crippen molar-refractivity contribution in [3.8, 4) is 17.2 Å². The molecule has 0 aromatic heterocycles. The SMILES string of the molecule is CCOc1cc(/C=C2\C(=O)N(Cc3ccc(OC)cc3)C(=O)c3ccccc32)cc(Cl)c1O. The van der Waals surface area contributed by atoms with Gasteiger partial charge in [0.15, 0.2) is 11.5 Å². The molecule has 0 fully saturated rings. The van der Waals surface area contributed by atoms with Gasteiger partial charge in [0, 0.05) is 11.1 Å². The molecule has 6 nitrogen and oxygen atoms in total. The first kappa shape index (κ1) is 22.4. The molecule has 3 aromatic carbocycles. The van der Waals surface area contributed by atoms with E-state index in [-0.39, 0.29) is 29.0 Å². The number of carbonyl (C=O) groups is 2. The van der Waals surface area contributed by atoms with E-state index >= 15 is 0 Å². The Morgan fingerprint density at radius 3 is 2.36 bits per heavy atom. The Balaban J connectivity index is 1.78. The Hall–Kier alpha value is -3.77. The zero-order valence-electron chi connectivity index (χ0n) is 18.2. The number of methoxy groups -OCH3 is 1. The monoisotopic (exact) mass is 463 g/mol. The number of halogens is 1. The lowest BCUT2D eigenvalue weighted by atomic mass is 9.91. The molecule has 0 unspecified atom stereocenters. The van der Waals surface area contributed by atoms with Gasteiger partial charge in [-0.15, -0.1) is 0 Å². The van der Waals surface area contributed by atoms with Gasteiger partial charge in [0.05, 0.1) is 25.3 Å². The molecule has 0 aliphatic carbocycles. The van der Waals surface area contributed by atoms with Crippen molar-refractivity contribution in [2.24, 2.45) is 0 Å². The fourth-order valence-electron chi connectivity index (χ4n) is 3.71. The number of nitrogens with zero attached hydrogens (tertiary/aromatic N) is 1. The Morgan fingerprint density at radius 2 is 1.70 bits per heavy atom. The lowest BCUT2D eigenvalue weighted by Crippen LogP contribution is -2.41. The Morgan fingerprint density at radius 1 is 1.00 bits per heavy atom. The molecule has 0 saturated heterocycles. The van der Waals surface area contributed by atoms with Crippen LogP contribution in [-0.4, -0.2) is 35.5 Å². The molecule has 1 heterocycles. The summed E-state index contributed by atoms with van der Waals surface area (Å²) in [4.78, 5) is 27.9. The molecule has 1 aliphatic heterocycles. The maximum atomic E-state index is 13.5. The first-order chi connectivity index (χ1) is 15.9. The number of hydrogen-bond acceptors (Lipinski definition) is 5. The summed E-state index contributed by atoms with van der Waals surface area (Å²) in [6.45, 7) is 2.26. The van der Waals surface area contributed by atoms with Gasteiger partial charge in [-0.05, 0) is 60.0 Å². The van der Waals surface area contributed by atoms with Gasteiger partial charge in [0.2, 0.25) is 0 Å². The fourth-order valence-corrected chi connectivity index (χ4v) is 3.93. The summed E-state index contributed by atoms with van der Waals surface area (Å²) in [6.07, 6.45) is 1.66. The average molecular weight is 464 g/mol. The van der Waals surface area contributed by atoms with E-state index in [1.807, 2.05) is 12.1 Å². The molecule has 3 aromatic rings. The van der Waals surface area contributed by atoms with Gasteiger partial charge in [-0.1, -0.05) is 41.9 Å². The molecule has 0 radical (unpaired) electrons. The van der Waals surface area contributed by atoms with Crippen LogP contribution < -0.4 is 9.47 Å². The molecule has 2 amide bonds. The second kappa shape index (κ2) is 9.38. The topological polar surface area (TPSA) is 76.1 Å². The number of aromatic hydroxyl groups is 1. The summed E-state index contributed by atoms with van der Waals surface area (Å²) in [5, 5.41) is 10.2. The van der Waals surface area contributed by atoms with Gasteiger partial charge in [-0.25, -0.2) is 0 Å². The lowest BCUT2D eigenvalue weighted by Gasteiger charge is -2.29. The van der Waals surface area contributed by atoms with Crippen LogP contribution in [-0.2, 0) is 11.3 Å². The van der Waals surface area contributed by atoms with Crippen molar-refractivity contribution in [1.82, 2.24) is 4.90 Å². The minimum atomic E-state index is -0.420. The van der Waals surface area contributed by atoms with Gasteiger partial charge in [0.25, 0.3) is 11.8 Å². The van der Waals surface area contributed by atoms with Crippen molar-refractivity contribution in [1.29, 1.82) is 0 Å². The highest BCUT2D eigenvalue weighted by Crippen LogP contribution is 2.38. The lowest BCUT2D eigenvalue weighted by molar-refractivity contribution is -0.123. The third kappa shape index (κ3) is 4.43. The molecule has 0 spiro atoms. The van der Waals surface area contributed by atoms with E-state index in [4.69, 9.17) is 21.1 Å². The molecule has 1 aliphatic rings. The van der Waals surface area contributed by atoms with Crippen LogP contribution >= 0.6 is 11.6 Å². The quantitative estimate of drug-likeness (QED) is 0.403. The minimum absolute atomic E-state index is 0.107. The number of phenolic OH excluding ortho intramolecular Hbond substituents is 1. The summed E-state index contributed by atoms with van der Waals surface area (Å²) in [5.41, 5.74) is 2.69. The highest BCUT2D eigenvalue weighted by Gasteiger charge is 2.34. The third-order valence-electron chi connectivity index (χ3n) is 5.33. The van der Waals surface area contributed by atoms with Crippen LogP contribution in [0.1, 0.15) is 34.0 Å². The number of fused-ring (bicyclic) bond motifs is 1. The van der Waals surface area contributed by atoms with Gasteiger partial charge in [-0.3, -0.25) is 14.5 Å². The summed E-state index contributed by atoms with van der Waals surface area (Å²) in [6, 6.07) is 17.3. The highest BCUT2D eigenvalue weighted by molar-refractivity contribution is 6.34. The van der Waals surface area contributed by atoms with Crippen molar-refractivity contribution >= 4 is 35.1 Å². The molecule has 0 bridgehead atoms. The number of carbonyl (C=O) groups excluding carboxylic acids is 2. The Bertz CT molecular complexity index is 1250. The number of ether oxygens (including phenoxy) is 2. The molecular formula is C26H22ClNO5. The van der Waals surface area contributed by atoms with Crippen LogP contribution in [0.5, 0.6) is 17.2 Å². The highest BCUT2D eigenvalue weighted by atomic mass is 35.5. The van der Waals surface area contributed by atoms with E-state index in [0.717, 1.165) is 5.56 Å². The standard InChI is InChI=1S/C26H22ClNO5/c1-3-33-23-14-17(13-22(27)24(23)29)12-21-19-6-4-5-7-20(19)25(30)28(26(21)31)15-16-8-10-18(32-2)11-9-16/h4-14,29H,3,15H2,1-2H3/b21-12-. The van der Waals surface area contributed by atoms with Crippen LogP contribution in [0.3, 0.4) is 0 Å². The Kier molecular flexibility index (Phi) is 6.38. The van der Waals surface area contributed by atoms with Crippen molar-refractivity contribution in [2.45, 2.75) is 13.5 Å². The van der Waals surface area contributed by atoms with E-state index in [1.165, 1.54) is 4.90 Å². The normalized spacial score (nSPS) is 14.4. The van der Waals surface area contributed by atoms with Gasteiger partial charge >= 0.3 is 0 Å². The molecule has 0 atom stereocenters. The molecule has 4 rings (SSSR count). The van der Waals surface area contributed by atoms with Crippen LogP contribution in [0, 0.1) is 0 Å². The van der Waals surface area contributed by atoms with Crippen molar-refractivity contribution < 1.29 is 24.2 Å². The van der Waals surface area contributed by atoms with Gasteiger partial charge < -0.3 is 14.6 Å². The third-order valence-corrected chi connectivity index (χ3v) is 5.62. The van der Waals surface area contributed by atoms with Crippen molar-refractivity contribution in [3.05, 3.63) is 87.9 Å². The molecule has 7 heteroatoms. The smallest absolute Gasteiger partial charge is 0.261 e. The van der Waals surface area contributed by atoms with E-state index < -0.39 is 5.91 Å². The van der Waals surface area contributed by atoms with Crippen molar-refractivity contribution in [3.63, 3.8) is 0 Å². The zero-order chi connectivity index (χ0) is 23.5. The summed E-state index contributed by atoms with van der Waals surface area (Å²) in [7, 11) is 1.58. The van der Waals surface area contributed by atoms with Crippen molar-refractivity contribution in [2.75, 3.05) is 13.7 Å². The molecule has 0 saturated carbocycles. The second-order valence-electron chi connectivity index (χ2n) is 7.43. The van der Waals surface area contributed by atoms with Gasteiger partial charge in [0.1, 0.15) is 5.75 Å². The molecular weight excluding hydrogens is 442 g/mol.